The monoisotopic (exact) mass is 158 g/mol. The minimum absolute atomic E-state index is 0.399. The molecule has 0 saturated heterocycles. The molecule has 3 heteroatoms. The molecule has 0 aliphatic carbocycles. The normalized spacial score (nSPS) is 18.5. The molecular weight excluding hydrogens is 144 g/mol. The van der Waals surface area contributed by atoms with Gasteiger partial charge >= 0.3 is 5.97 Å². The molecule has 0 unspecified atom stereocenters. The maximum atomic E-state index is 10.5. The number of hydrogen-bond donors (Lipinski definition) is 2. The average molecular weight is 158 g/mol. The molecule has 2 N–H and O–H groups in total. The largest absolute Gasteiger partial charge is 0.481 e. The van der Waals surface area contributed by atoms with Crippen molar-refractivity contribution in [2.24, 2.45) is 5.92 Å². The summed E-state index contributed by atoms with van der Waals surface area (Å²) >= 11 is 0. The molecule has 0 aromatic heterocycles. The lowest BCUT2D eigenvalue weighted by Gasteiger charge is -2.25. The van der Waals surface area contributed by atoms with Gasteiger partial charge in [0.2, 0.25) is 0 Å². The van der Waals surface area contributed by atoms with Gasteiger partial charge in [-0.25, -0.2) is 0 Å². The van der Waals surface area contributed by atoms with Gasteiger partial charge in [-0.1, -0.05) is 13.0 Å². The molecule has 0 aliphatic heterocycles. The smallest absolute Gasteiger partial charge is 0.313 e. The van der Waals surface area contributed by atoms with Crippen LogP contribution in [0.3, 0.4) is 0 Å². The molecule has 0 aliphatic rings. The number of aliphatic carboxylic acids is 1. The Bertz CT molecular complexity index is 161. The fourth-order valence-corrected chi connectivity index (χ4v) is 0.841. The third kappa shape index (κ3) is 2.35. The third-order valence-electron chi connectivity index (χ3n) is 1.89. The van der Waals surface area contributed by atoms with Crippen LogP contribution in [0.2, 0.25) is 0 Å². The predicted molar refractivity (Wildman–Crippen MR) is 42.2 cm³/mol. The van der Waals surface area contributed by atoms with Gasteiger partial charge in [-0.05, 0) is 13.3 Å². The highest BCUT2D eigenvalue weighted by molar-refractivity contribution is 5.73. The lowest BCUT2D eigenvalue weighted by atomic mass is 9.87. The van der Waals surface area contributed by atoms with Gasteiger partial charge in [0.15, 0.2) is 0 Å². The third-order valence-corrected chi connectivity index (χ3v) is 1.89. The molecule has 0 saturated carbocycles. The highest BCUT2D eigenvalue weighted by Crippen LogP contribution is 2.21. The average Bonchev–Trinajstić information content (AvgIpc) is 1.88. The second-order valence-corrected chi connectivity index (χ2v) is 2.76. The van der Waals surface area contributed by atoms with Gasteiger partial charge in [0.25, 0.3) is 0 Å². The maximum absolute atomic E-state index is 10.5. The van der Waals surface area contributed by atoms with Gasteiger partial charge < -0.3 is 10.2 Å². The van der Waals surface area contributed by atoms with E-state index in [0.717, 1.165) is 0 Å². The summed E-state index contributed by atoms with van der Waals surface area (Å²) < 4.78 is 0. The number of carboxylic acids is 1. The highest BCUT2D eigenvalue weighted by Gasteiger charge is 2.33. The quantitative estimate of drug-likeness (QED) is 0.601. The Morgan fingerprint density at radius 2 is 2.27 bits per heavy atom. The zero-order valence-corrected chi connectivity index (χ0v) is 6.87. The molecule has 0 aromatic carbocycles. The first-order valence-corrected chi connectivity index (χ1v) is 3.53. The second-order valence-electron chi connectivity index (χ2n) is 2.76. The van der Waals surface area contributed by atoms with Crippen molar-refractivity contribution in [3.63, 3.8) is 0 Å². The van der Waals surface area contributed by atoms with E-state index in [9.17, 15) is 9.90 Å². The van der Waals surface area contributed by atoms with Gasteiger partial charge in [0.1, 0.15) is 5.92 Å². The maximum Gasteiger partial charge on any atom is 0.313 e. The highest BCUT2D eigenvalue weighted by atomic mass is 16.4. The van der Waals surface area contributed by atoms with Crippen LogP contribution < -0.4 is 0 Å². The lowest BCUT2D eigenvalue weighted by Crippen LogP contribution is -2.37. The van der Waals surface area contributed by atoms with Crippen LogP contribution in [0, 0.1) is 5.92 Å². The topological polar surface area (TPSA) is 57.5 Å². The molecule has 0 heterocycles. The van der Waals surface area contributed by atoms with Crippen molar-refractivity contribution < 1.29 is 15.0 Å². The summed E-state index contributed by atoms with van der Waals surface area (Å²) in [5, 5.41) is 18.1. The van der Waals surface area contributed by atoms with E-state index in [1.165, 1.54) is 13.0 Å². The number of rotatable bonds is 4. The molecule has 3 nitrogen and oxygen atoms in total. The van der Waals surface area contributed by atoms with Crippen LogP contribution in [0.15, 0.2) is 12.7 Å². The number of hydrogen-bond acceptors (Lipinski definition) is 2. The van der Waals surface area contributed by atoms with Crippen molar-refractivity contribution in [3.05, 3.63) is 12.7 Å². The Morgan fingerprint density at radius 1 is 1.82 bits per heavy atom. The van der Waals surface area contributed by atoms with E-state index in [1.807, 2.05) is 0 Å². The molecule has 11 heavy (non-hydrogen) atoms. The van der Waals surface area contributed by atoms with Gasteiger partial charge in [-0.2, -0.15) is 0 Å². The van der Waals surface area contributed by atoms with E-state index in [1.54, 1.807) is 6.92 Å². The van der Waals surface area contributed by atoms with Crippen LogP contribution in [0.4, 0.5) is 0 Å². The first-order valence-electron chi connectivity index (χ1n) is 3.53. The number of aliphatic hydroxyl groups is 1. The summed E-state index contributed by atoms with van der Waals surface area (Å²) in [5.41, 5.74) is -1.19. The van der Waals surface area contributed by atoms with E-state index in [0.29, 0.717) is 6.42 Å². The minimum Gasteiger partial charge on any atom is -0.481 e. The van der Waals surface area contributed by atoms with Crippen LogP contribution >= 0.6 is 0 Å². The Kier molecular flexibility index (Phi) is 3.26. The summed E-state index contributed by atoms with van der Waals surface area (Å²) in [4.78, 5) is 10.5. The molecule has 0 rings (SSSR count). The molecule has 2 atom stereocenters. The van der Waals surface area contributed by atoms with Crippen molar-refractivity contribution in [2.45, 2.75) is 25.9 Å². The summed E-state index contributed by atoms with van der Waals surface area (Å²) in [6.07, 6.45) is 1.65. The van der Waals surface area contributed by atoms with Crippen LogP contribution in [-0.4, -0.2) is 21.8 Å². The Hall–Kier alpha value is -0.830. The van der Waals surface area contributed by atoms with Gasteiger partial charge in [-0.3, -0.25) is 4.79 Å². The molecule has 0 radical (unpaired) electrons. The SMILES string of the molecule is C=C[C@@H](C(=O)O)[C@@](C)(O)CC. The summed E-state index contributed by atoms with van der Waals surface area (Å²) in [6, 6.07) is 0. The van der Waals surface area contributed by atoms with Crippen molar-refractivity contribution >= 4 is 5.97 Å². The zero-order valence-electron chi connectivity index (χ0n) is 6.87. The van der Waals surface area contributed by atoms with Crippen molar-refractivity contribution in [1.82, 2.24) is 0 Å². The molecule has 0 fully saturated rings. The summed E-state index contributed by atoms with van der Waals surface area (Å²) in [7, 11) is 0. The van der Waals surface area contributed by atoms with Crippen molar-refractivity contribution in [1.29, 1.82) is 0 Å². The number of carboxylic acid groups (broad SMARTS) is 1. The Morgan fingerprint density at radius 3 is 2.36 bits per heavy atom. The lowest BCUT2D eigenvalue weighted by molar-refractivity contribution is -0.147. The molecule has 0 bridgehead atoms. The van der Waals surface area contributed by atoms with E-state index >= 15 is 0 Å². The van der Waals surface area contributed by atoms with Crippen LogP contribution in [0.1, 0.15) is 20.3 Å². The Labute approximate surface area is 66.4 Å². The van der Waals surface area contributed by atoms with Gasteiger partial charge in [0, 0.05) is 0 Å². The van der Waals surface area contributed by atoms with Gasteiger partial charge in [0.05, 0.1) is 5.60 Å². The molecule has 0 spiro atoms. The number of carbonyl (C=O) groups is 1. The van der Waals surface area contributed by atoms with Crippen LogP contribution in [0.25, 0.3) is 0 Å². The first kappa shape index (κ1) is 10.2. The first-order chi connectivity index (χ1) is 4.95. The standard InChI is InChI=1S/C8H14O3/c1-4-6(7(9)10)8(3,11)5-2/h4,6,11H,1,5H2,2-3H3,(H,9,10)/t6-,8-/m0/s1. The van der Waals surface area contributed by atoms with Crippen molar-refractivity contribution in [2.75, 3.05) is 0 Å². The molecule has 0 aromatic rings. The van der Waals surface area contributed by atoms with Crippen LogP contribution in [-0.2, 0) is 4.79 Å². The fraction of sp³-hybridized carbons (Fsp3) is 0.625. The van der Waals surface area contributed by atoms with E-state index in [2.05, 4.69) is 6.58 Å². The second kappa shape index (κ2) is 3.53. The van der Waals surface area contributed by atoms with Gasteiger partial charge in [-0.15, -0.1) is 6.58 Å². The molecular formula is C8H14O3. The molecule has 64 valence electrons. The fourth-order valence-electron chi connectivity index (χ4n) is 0.841. The minimum atomic E-state index is -1.19. The predicted octanol–water partition coefficient (Wildman–Crippen LogP) is 1.03. The van der Waals surface area contributed by atoms with E-state index in [4.69, 9.17) is 5.11 Å². The van der Waals surface area contributed by atoms with E-state index in [-0.39, 0.29) is 0 Å². The molecule has 0 amide bonds. The van der Waals surface area contributed by atoms with Crippen LogP contribution in [0.5, 0.6) is 0 Å². The summed E-state index contributed by atoms with van der Waals surface area (Å²) in [6.45, 7) is 6.58. The zero-order chi connectivity index (χ0) is 9.07. The summed E-state index contributed by atoms with van der Waals surface area (Å²) in [5.74, 6) is -1.92. The van der Waals surface area contributed by atoms with Crippen molar-refractivity contribution in [3.8, 4) is 0 Å². The Balaban J connectivity index is 4.48. The van der Waals surface area contributed by atoms with E-state index < -0.39 is 17.5 Å².